The van der Waals surface area contributed by atoms with Crippen molar-refractivity contribution in [2.24, 2.45) is 23.7 Å². The Kier molecular flexibility index (Phi) is 16.1. The molecule has 0 unspecified atom stereocenters. The Morgan fingerprint density at radius 2 is 0.722 bits per heavy atom. The van der Waals surface area contributed by atoms with Gasteiger partial charge in [-0.05, 0) is 87.9 Å². The van der Waals surface area contributed by atoms with Gasteiger partial charge in [-0.3, -0.25) is 0 Å². The molecule has 3 aliphatic carbocycles. The van der Waals surface area contributed by atoms with E-state index in [9.17, 15) is 0 Å². The first kappa shape index (κ1) is 30.5. The Hall–Kier alpha value is -0.0800. The molecule has 2 heteroatoms. The molecule has 0 radical (unpaired) electrons. The Morgan fingerprint density at radius 3 is 1.14 bits per heavy atom. The molecular formula is C34H64O2. The molecule has 0 aromatic carbocycles. The van der Waals surface area contributed by atoms with Crippen LogP contribution < -0.4 is 0 Å². The molecule has 3 saturated carbocycles. The number of hydrogen-bond donors (Lipinski definition) is 0. The summed E-state index contributed by atoms with van der Waals surface area (Å²) in [5.41, 5.74) is 0. The average molecular weight is 505 g/mol. The highest BCUT2D eigenvalue weighted by Gasteiger charge is 2.27. The number of hydrogen-bond acceptors (Lipinski definition) is 2. The van der Waals surface area contributed by atoms with Gasteiger partial charge in [0.15, 0.2) is 0 Å². The van der Waals surface area contributed by atoms with Crippen LogP contribution in [0.5, 0.6) is 0 Å². The molecule has 0 aromatic rings. The lowest BCUT2D eigenvalue weighted by Gasteiger charge is -2.33. The van der Waals surface area contributed by atoms with Crippen molar-refractivity contribution in [2.75, 3.05) is 13.2 Å². The minimum absolute atomic E-state index is 0.533. The third-order valence-corrected chi connectivity index (χ3v) is 10.1. The largest absolute Gasteiger partial charge is 0.378 e. The summed E-state index contributed by atoms with van der Waals surface area (Å²) < 4.78 is 12.9. The fourth-order valence-corrected chi connectivity index (χ4v) is 7.36. The topological polar surface area (TPSA) is 18.5 Å². The van der Waals surface area contributed by atoms with E-state index in [2.05, 4.69) is 13.8 Å². The van der Waals surface area contributed by atoms with Gasteiger partial charge in [0, 0.05) is 13.2 Å². The molecule has 2 nitrogen and oxygen atoms in total. The summed E-state index contributed by atoms with van der Waals surface area (Å²) in [5, 5.41) is 0. The fraction of sp³-hybridized carbons (Fsp3) is 1.00. The van der Waals surface area contributed by atoms with Crippen LogP contribution in [0.3, 0.4) is 0 Å². The normalized spacial score (nSPS) is 31.5. The van der Waals surface area contributed by atoms with E-state index < -0.39 is 0 Å². The van der Waals surface area contributed by atoms with Crippen LogP contribution in [0.25, 0.3) is 0 Å². The molecule has 0 bridgehead atoms. The quantitative estimate of drug-likeness (QED) is 0.173. The van der Waals surface area contributed by atoms with E-state index in [-0.39, 0.29) is 0 Å². The van der Waals surface area contributed by atoms with Gasteiger partial charge in [-0.15, -0.1) is 0 Å². The van der Waals surface area contributed by atoms with Crippen molar-refractivity contribution in [2.45, 2.75) is 180 Å². The Morgan fingerprint density at radius 1 is 0.389 bits per heavy atom. The molecular weight excluding hydrogens is 440 g/mol. The van der Waals surface area contributed by atoms with Crippen molar-refractivity contribution in [3.05, 3.63) is 0 Å². The van der Waals surface area contributed by atoms with E-state index in [1.807, 2.05) is 0 Å². The summed E-state index contributed by atoms with van der Waals surface area (Å²) >= 11 is 0. The lowest BCUT2D eigenvalue weighted by atomic mass is 9.80. The zero-order valence-electron chi connectivity index (χ0n) is 24.7. The molecule has 0 atom stereocenters. The van der Waals surface area contributed by atoms with Gasteiger partial charge >= 0.3 is 0 Å². The van der Waals surface area contributed by atoms with E-state index in [0.29, 0.717) is 12.2 Å². The fourth-order valence-electron chi connectivity index (χ4n) is 7.36. The van der Waals surface area contributed by atoms with Gasteiger partial charge in [0.25, 0.3) is 0 Å². The zero-order valence-corrected chi connectivity index (χ0v) is 24.7. The second-order valence-electron chi connectivity index (χ2n) is 13.2. The van der Waals surface area contributed by atoms with E-state index >= 15 is 0 Å². The maximum atomic E-state index is 6.45. The number of unbranched alkanes of at least 4 members (excludes halogenated alkanes) is 8. The second-order valence-corrected chi connectivity index (χ2v) is 13.2. The lowest BCUT2D eigenvalue weighted by Crippen LogP contribution is -2.29. The van der Waals surface area contributed by atoms with Gasteiger partial charge in [0.1, 0.15) is 0 Å². The van der Waals surface area contributed by atoms with Crippen LogP contribution in [0.1, 0.15) is 168 Å². The van der Waals surface area contributed by atoms with Crippen LogP contribution in [0.2, 0.25) is 0 Å². The molecule has 212 valence electrons. The van der Waals surface area contributed by atoms with Gasteiger partial charge in [-0.25, -0.2) is 0 Å². The van der Waals surface area contributed by atoms with Crippen molar-refractivity contribution >= 4 is 0 Å². The predicted molar refractivity (Wildman–Crippen MR) is 156 cm³/mol. The monoisotopic (exact) mass is 504 g/mol. The van der Waals surface area contributed by atoms with Gasteiger partial charge in [-0.1, -0.05) is 104 Å². The maximum absolute atomic E-state index is 6.45. The standard InChI is InChI=1S/C34H64O2/c1-3-5-7-9-11-13-29-15-17-31(18-16-29)27-35-34-25-21-32(22-26-34)28-36-33-23-19-30(20-24-33)14-12-10-8-6-4-2/h29-34H,3-28H2,1-2H3. The van der Waals surface area contributed by atoms with Crippen LogP contribution in [0.4, 0.5) is 0 Å². The predicted octanol–water partition coefficient (Wildman–Crippen LogP) is 10.7. The third kappa shape index (κ3) is 12.6. The van der Waals surface area contributed by atoms with Crippen LogP contribution in [0.15, 0.2) is 0 Å². The molecule has 0 saturated heterocycles. The van der Waals surface area contributed by atoms with Crippen LogP contribution in [-0.2, 0) is 9.47 Å². The van der Waals surface area contributed by atoms with E-state index in [1.165, 1.54) is 154 Å². The van der Waals surface area contributed by atoms with Gasteiger partial charge in [0.2, 0.25) is 0 Å². The highest BCUT2D eigenvalue weighted by atomic mass is 16.5. The minimum Gasteiger partial charge on any atom is -0.378 e. The van der Waals surface area contributed by atoms with Gasteiger partial charge < -0.3 is 9.47 Å². The summed E-state index contributed by atoms with van der Waals surface area (Å²) in [6.07, 6.45) is 34.8. The summed E-state index contributed by atoms with van der Waals surface area (Å²) in [7, 11) is 0. The SMILES string of the molecule is CCCCCCCC1CCC(COC2CCC(COC3CCC(CCCCCCC)CC3)CC2)CC1. The molecule has 0 heterocycles. The molecule has 3 aliphatic rings. The van der Waals surface area contributed by atoms with Crippen LogP contribution in [0, 0.1) is 23.7 Å². The Labute approximate surface area is 226 Å². The van der Waals surface area contributed by atoms with E-state index in [4.69, 9.17) is 9.47 Å². The van der Waals surface area contributed by atoms with Crippen molar-refractivity contribution in [3.8, 4) is 0 Å². The molecule has 0 amide bonds. The zero-order chi connectivity index (χ0) is 25.3. The highest BCUT2D eigenvalue weighted by molar-refractivity contribution is 4.77. The Balaban J connectivity index is 1.14. The van der Waals surface area contributed by atoms with Gasteiger partial charge in [0.05, 0.1) is 12.2 Å². The first-order valence-electron chi connectivity index (χ1n) is 17.0. The molecule has 0 aliphatic heterocycles. The average Bonchev–Trinajstić information content (AvgIpc) is 2.92. The summed E-state index contributed by atoms with van der Waals surface area (Å²) in [5.74, 6) is 3.64. The minimum atomic E-state index is 0.533. The lowest BCUT2D eigenvalue weighted by molar-refractivity contribution is -0.0373. The highest BCUT2D eigenvalue weighted by Crippen LogP contribution is 2.35. The van der Waals surface area contributed by atoms with Crippen molar-refractivity contribution in [3.63, 3.8) is 0 Å². The Bertz CT molecular complexity index is 449. The number of ether oxygens (including phenoxy) is 2. The molecule has 3 fully saturated rings. The second kappa shape index (κ2) is 19.1. The summed E-state index contributed by atoms with van der Waals surface area (Å²) in [4.78, 5) is 0. The maximum Gasteiger partial charge on any atom is 0.0575 e. The third-order valence-electron chi connectivity index (χ3n) is 10.1. The summed E-state index contributed by atoms with van der Waals surface area (Å²) in [6, 6.07) is 0. The smallest absolute Gasteiger partial charge is 0.0575 e. The van der Waals surface area contributed by atoms with Crippen molar-refractivity contribution in [1.82, 2.24) is 0 Å². The van der Waals surface area contributed by atoms with E-state index in [0.717, 1.165) is 36.9 Å². The van der Waals surface area contributed by atoms with Gasteiger partial charge in [-0.2, -0.15) is 0 Å². The van der Waals surface area contributed by atoms with Crippen LogP contribution in [-0.4, -0.2) is 25.4 Å². The first-order valence-corrected chi connectivity index (χ1v) is 17.0. The molecule has 0 spiro atoms. The molecule has 3 rings (SSSR count). The van der Waals surface area contributed by atoms with Crippen LogP contribution >= 0.6 is 0 Å². The molecule has 36 heavy (non-hydrogen) atoms. The number of rotatable bonds is 18. The molecule has 0 N–H and O–H groups in total. The van der Waals surface area contributed by atoms with Crippen molar-refractivity contribution in [1.29, 1.82) is 0 Å². The summed E-state index contributed by atoms with van der Waals surface area (Å²) in [6.45, 7) is 6.67. The first-order chi connectivity index (χ1) is 17.8. The van der Waals surface area contributed by atoms with E-state index in [1.54, 1.807) is 0 Å². The van der Waals surface area contributed by atoms with Crippen molar-refractivity contribution < 1.29 is 9.47 Å². The molecule has 0 aromatic heterocycles.